The first-order chi connectivity index (χ1) is 15.9. The van der Waals surface area contributed by atoms with E-state index < -0.39 is 10.0 Å². The molecule has 4 rings (SSSR count). The molecule has 0 bridgehead atoms. The second kappa shape index (κ2) is 10.3. The van der Waals surface area contributed by atoms with Gasteiger partial charge in [0.15, 0.2) is 0 Å². The van der Waals surface area contributed by atoms with Gasteiger partial charge < -0.3 is 10.6 Å². The topological polar surface area (TPSA) is 95.6 Å². The molecule has 0 spiro atoms. The molecule has 1 aliphatic heterocycles. The van der Waals surface area contributed by atoms with Crippen LogP contribution in [0.3, 0.4) is 0 Å². The molecule has 2 aliphatic rings. The minimum atomic E-state index is -3.51. The molecule has 2 aromatic carbocycles. The summed E-state index contributed by atoms with van der Waals surface area (Å²) < 4.78 is 26.6. The molecule has 0 aromatic heterocycles. The highest BCUT2D eigenvalue weighted by molar-refractivity contribution is 7.92. The third kappa shape index (κ3) is 6.52. The van der Waals surface area contributed by atoms with Crippen molar-refractivity contribution in [2.75, 3.05) is 13.1 Å². The van der Waals surface area contributed by atoms with Gasteiger partial charge in [-0.2, -0.15) is 4.31 Å². The first-order valence-electron chi connectivity index (χ1n) is 11.3. The number of benzene rings is 2. The highest BCUT2D eigenvalue weighted by Crippen LogP contribution is 2.22. The van der Waals surface area contributed by atoms with E-state index in [2.05, 4.69) is 10.6 Å². The van der Waals surface area contributed by atoms with Crippen LogP contribution in [0.4, 0.5) is 0 Å². The number of hydrogen-bond donors (Lipinski definition) is 2. The summed E-state index contributed by atoms with van der Waals surface area (Å²) in [4.78, 5) is 24.6. The van der Waals surface area contributed by atoms with E-state index in [0.717, 1.165) is 24.0 Å². The fourth-order valence-electron chi connectivity index (χ4n) is 3.79. The Morgan fingerprint density at radius 3 is 2.24 bits per heavy atom. The summed E-state index contributed by atoms with van der Waals surface area (Å²) in [6, 6.07) is 16.8. The van der Waals surface area contributed by atoms with Gasteiger partial charge in [0.25, 0.3) is 5.91 Å². The third-order valence-corrected chi connectivity index (χ3v) is 7.58. The minimum absolute atomic E-state index is 0.0617. The fourth-order valence-corrected chi connectivity index (χ4v) is 5.01. The summed E-state index contributed by atoms with van der Waals surface area (Å²) >= 11 is 0. The maximum Gasteiger partial charge on any atom is 0.251 e. The minimum Gasteiger partial charge on any atom is -0.352 e. The molecule has 1 saturated heterocycles. The quantitative estimate of drug-likeness (QED) is 0.624. The number of amides is 2. The Labute approximate surface area is 194 Å². The van der Waals surface area contributed by atoms with Gasteiger partial charge in [-0.3, -0.25) is 9.59 Å². The van der Waals surface area contributed by atoms with Crippen LogP contribution in [0.15, 0.2) is 60.0 Å². The van der Waals surface area contributed by atoms with E-state index in [0.29, 0.717) is 44.1 Å². The third-order valence-electron chi connectivity index (χ3n) is 6.01. The lowest BCUT2D eigenvalue weighted by Crippen LogP contribution is -2.42. The normalized spacial score (nSPS) is 17.7. The monoisotopic (exact) mass is 467 g/mol. The Bertz CT molecular complexity index is 1100. The fraction of sp³-hybridized carbons (Fsp3) is 0.360. The Morgan fingerprint density at radius 2 is 1.61 bits per heavy atom. The van der Waals surface area contributed by atoms with Gasteiger partial charge in [0.1, 0.15) is 0 Å². The average molecular weight is 468 g/mol. The Kier molecular flexibility index (Phi) is 7.25. The van der Waals surface area contributed by atoms with Gasteiger partial charge in [0, 0.05) is 42.6 Å². The second-order valence-electron chi connectivity index (χ2n) is 8.59. The predicted molar refractivity (Wildman–Crippen MR) is 127 cm³/mol. The zero-order valence-electron chi connectivity index (χ0n) is 18.4. The molecular weight excluding hydrogens is 438 g/mol. The lowest BCUT2D eigenvalue weighted by Gasteiger charge is -2.29. The summed E-state index contributed by atoms with van der Waals surface area (Å²) in [6.45, 7) is 1.02. The lowest BCUT2D eigenvalue weighted by molar-refractivity contribution is -0.126. The van der Waals surface area contributed by atoms with Crippen LogP contribution >= 0.6 is 0 Å². The smallest absolute Gasteiger partial charge is 0.251 e. The van der Waals surface area contributed by atoms with Crippen LogP contribution in [0.2, 0.25) is 0 Å². The Hall–Kier alpha value is -2.97. The maximum absolute atomic E-state index is 12.6. The van der Waals surface area contributed by atoms with Gasteiger partial charge in [0.2, 0.25) is 15.9 Å². The maximum atomic E-state index is 12.6. The number of carbonyl (C=O) groups excluding carboxylic acids is 2. The van der Waals surface area contributed by atoms with Crippen molar-refractivity contribution >= 4 is 27.9 Å². The Balaban J connectivity index is 1.23. The zero-order valence-corrected chi connectivity index (χ0v) is 19.3. The largest absolute Gasteiger partial charge is 0.352 e. The molecule has 1 heterocycles. The van der Waals surface area contributed by atoms with Crippen molar-refractivity contribution in [1.29, 1.82) is 0 Å². The summed E-state index contributed by atoms with van der Waals surface area (Å²) in [5.74, 6) is -0.339. The van der Waals surface area contributed by atoms with E-state index in [9.17, 15) is 18.0 Å². The number of hydrogen-bond acceptors (Lipinski definition) is 4. The van der Waals surface area contributed by atoms with Gasteiger partial charge >= 0.3 is 0 Å². The van der Waals surface area contributed by atoms with Crippen molar-refractivity contribution in [2.24, 2.45) is 5.92 Å². The van der Waals surface area contributed by atoms with E-state index in [-0.39, 0.29) is 17.7 Å². The number of nitrogens with one attached hydrogen (secondary N) is 2. The summed E-state index contributed by atoms with van der Waals surface area (Å²) in [5, 5.41) is 7.13. The van der Waals surface area contributed by atoms with Crippen molar-refractivity contribution < 1.29 is 18.0 Å². The van der Waals surface area contributed by atoms with E-state index in [1.165, 1.54) is 9.71 Å². The van der Waals surface area contributed by atoms with Crippen LogP contribution in [-0.4, -0.2) is 43.7 Å². The van der Waals surface area contributed by atoms with Gasteiger partial charge in [-0.1, -0.05) is 42.5 Å². The van der Waals surface area contributed by atoms with Crippen LogP contribution in [0.25, 0.3) is 6.08 Å². The predicted octanol–water partition coefficient (Wildman–Crippen LogP) is 2.91. The van der Waals surface area contributed by atoms with Gasteiger partial charge in [-0.15, -0.1) is 0 Å². The first kappa shape index (κ1) is 23.2. The summed E-state index contributed by atoms with van der Waals surface area (Å²) in [7, 11) is -3.51. The molecule has 0 radical (unpaired) electrons. The van der Waals surface area contributed by atoms with E-state index in [1.807, 2.05) is 42.5 Å². The molecule has 0 atom stereocenters. The van der Waals surface area contributed by atoms with Crippen LogP contribution in [-0.2, 0) is 21.4 Å². The molecule has 1 saturated carbocycles. The molecule has 2 fully saturated rings. The number of piperidine rings is 1. The zero-order chi connectivity index (χ0) is 23.3. The highest BCUT2D eigenvalue weighted by Gasteiger charge is 2.30. The number of sulfonamides is 1. The Morgan fingerprint density at radius 1 is 0.939 bits per heavy atom. The molecular formula is C25H29N3O4S. The van der Waals surface area contributed by atoms with Crippen molar-refractivity contribution in [3.8, 4) is 0 Å². The van der Waals surface area contributed by atoms with Crippen LogP contribution < -0.4 is 10.6 Å². The number of nitrogens with zero attached hydrogens (tertiary/aromatic N) is 1. The van der Waals surface area contributed by atoms with E-state index in [1.54, 1.807) is 18.2 Å². The van der Waals surface area contributed by atoms with Crippen LogP contribution in [0.1, 0.15) is 47.2 Å². The molecule has 0 unspecified atom stereocenters. The van der Waals surface area contributed by atoms with E-state index in [4.69, 9.17) is 0 Å². The van der Waals surface area contributed by atoms with Crippen molar-refractivity contribution in [3.63, 3.8) is 0 Å². The molecule has 1 aliphatic carbocycles. The average Bonchev–Trinajstić information content (AvgIpc) is 3.66. The summed E-state index contributed by atoms with van der Waals surface area (Å²) in [5.41, 5.74) is 2.36. The molecule has 8 heteroatoms. The van der Waals surface area contributed by atoms with Crippen molar-refractivity contribution in [3.05, 3.63) is 76.7 Å². The van der Waals surface area contributed by atoms with Crippen LogP contribution in [0.5, 0.6) is 0 Å². The summed E-state index contributed by atoms with van der Waals surface area (Å²) in [6.07, 6.45) is 4.67. The van der Waals surface area contributed by atoms with Gasteiger partial charge in [-0.25, -0.2) is 8.42 Å². The number of rotatable bonds is 8. The molecule has 2 amide bonds. The molecule has 174 valence electrons. The SMILES string of the molecule is O=C(NC1CC1)c1ccc(CNC(=O)C2CCN(S(=O)(=O)/C=C/c3ccccc3)CC2)cc1. The highest BCUT2D eigenvalue weighted by atomic mass is 32.2. The van der Waals surface area contributed by atoms with Crippen molar-refractivity contribution in [1.82, 2.24) is 14.9 Å². The van der Waals surface area contributed by atoms with Gasteiger partial charge in [0.05, 0.1) is 0 Å². The first-order valence-corrected chi connectivity index (χ1v) is 12.8. The van der Waals surface area contributed by atoms with Crippen molar-refractivity contribution in [2.45, 2.75) is 38.3 Å². The molecule has 2 aromatic rings. The second-order valence-corrected chi connectivity index (χ2v) is 10.4. The van der Waals surface area contributed by atoms with Crippen LogP contribution in [0, 0.1) is 5.92 Å². The number of carbonyl (C=O) groups is 2. The lowest BCUT2D eigenvalue weighted by atomic mass is 9.97. The van der Waals surface area contributed by atoms with E-state index >= 15 is 0 Å². The molecule has 2 N–H and O–H groups in total. The molecule has 7 nitrogen and oxygen atoms in total. The molecule has 33 heavy (non-hydrogen) atoms. The standard InChI is InChI=1S/C25H29N3O4S/c29-24(26-18-20-6-8-21(9-7-20)25(30)27-23-10-11-23)22-12-15-28(16-13-22)33(31,32)17-14-19-4-2-1-3-5-19/h1-9,14,17,22-23H,10-13,15-16,18H2,(H,26,29)(H,27,30)/b17-14+. The van der Waals surface area contributed by atoms with Gasteiger partial charge in [-0.05, 0) is 55.0 Å².